The van der Waals surface area contributed by atoms with E-state index in [1.807, 2.05) is 12.1 Å². The van der Waals surface area contributed by atoms with Crippen molar-refractivity contribution in [2.24, 2.45) is 0 Å². The maximum atomic E-state index is 6.08. The van der Waals surface area contributed by atoms with Crippen LogP contribution in [0.3, 0.4) is 0 Å². The summed E-state index contributed by atoms with van der Waals surface area (Å²) in [5, 5.41) is 1.61. The molecule has 0 radical (unpaired) electrons. The summed E-state index contributed by atoms with van der Waals surface area (Å²) < 4.78 is 0. The zero-order chi connectivity index (χ0) is 10.8. The number of pyridine rings is 1. The van der Waals surface area contributed by atoms with Crippen molar-refractivity contribution in [3.05, 3.63) is 51.7 Å². The summed E-state index contributed by atoms with van der Waals surface area (Å²) in [4.78, 5) is 4.00. The molecule has 1 aromatic carbocycles. The molecule has 1 nitrogen and oxygen atoms in total. The Bertz CT molecular complexity index is 497. The highest BCUT2D eigenvalue weighted by Crippen LogP contribution is 2.33. The van der Waals surface area contributed by atoms with Crippen molar-refractivity contribution >= 4 is 34.8 Å². The monoisotopic (exact) mass is 257 g/mol. The number of hydrogen-bond acceptors (Lipinski definition) is 1. The summed E-state index contributed by atoms with van der Waals surface area (Å²) in [6.45, 7) is 0. The van der Waals surface area contributed by atoms with Gasteiger partial charge in [-0.15, -0.1) is 0 Å². The third-order valence-electron chi connectivity index (χ3n) is 1.97. The lowest BCUT2D eigenvalue weighted by molar-refractivity contribution is 1.33. The largest absolute Gasteiger partial charge is 0.263 e. The van der Waals surface area contributed by atoms with Gasteiger partial charge in [-0.1, -0.05) is 46.9 Å². The lowest BCUT2D eigenvalue weighted by Crippen LogP contribution is -1.82. The van der Waals surface area contributed by atoms with Crippen LogP contribution in [0.2, 0.25) is 15.1 Å². The Kier molecular flexibility index (Phi) is 3.15. The van der Waals surface area contributed by atoms with Crippen molar-refractivity contribution in [3.8, 4) is 11.1 Å². The molecule has 1 heterocycles. The van der Waals surface area contributed by atoms with Gasteiger partial charge in [0, 0.05) is 23.5 Å². The number of benzene rings is 1. The summed E-state index contributed by atoms with van der Waals surface area (Å²) in [5.41, 5.74) is 1.69. The molecule has 0 aliphatic heterocycles. The summed E-state index contributed by atoms with van der Waals surface area (Å²) >= 11 is 17.8. The maximum Gasteiger partial charge on any atom is 0.0671 e. The summed E-state index contributed by atoms with van der Waals surface area (Å²) in [6, 6.07) is 7.25. The third-order valence-corrected chi connectivity index (χ3v) is 2.99. The summed E-state index contributed by atoms with van der Waals surface area (Å²) in [5.74, 6) is 0. The van der Waals surface area contributed by atoms with Crippen molar-refractivity contribution in [1.82, 2.24) is 4.98 Å². The molecule has 0 fully saturated rings. The number of hydrogen-bond donors (Lipinski definition) is 0. The Hall–Kier alpha value is -0.760. The highest BCUT2D eigenvalue weighted by molar-refractivity contribution is 6.43. The Labute approximate surface area is 103 Å². The minimum atomic E-state index is 0.517. The lowest BCUT2D eigenvalue weighted by Gasteiger charge is -2.05. The van der Waals surface area contributed by atoms with E-state index >= 15 is 0 Å². The quantitative estimate of drug-likeness (QED) is 0.722. The Morgan fingerprint density at radius 2 is 1.80 bits per heavy atom. The van der Waals surface area contributed by atoms with Gasteiger partial charge in [-0.05, 0) is 12.1 Å². The van der Waals surface area contributed by atoms with Gasteiger partial charge in [0.05, 0.1) is 15.1 Å². The number of aromatic nitrogens is 1. The Morgan fingerprint density at radius 3 is 2.53 bits per heavy atom. The second kappa shape index (κ2) is 4.40. The van der Waals surface area contributed by atoms with Gasteiger partial charge in [-0.3, -0.25) is 4.98 Å². The van der Waals surface area contributed by atoms with E-state index in [-0.39, 0.29) is 0 Å². The van der Waals surface area contributed by atoms with E-state index < -0.39 is 0 Å². The Balaban J connectivity index is 2.59. The second-order valence-corrected chi connectivity index (χ2v) is 4.21. The predicted molar refractivity (Wildman–Crippen MR) is 64.7 cm³/mol. The highest BCUT2D eigenvalue weighted by atomic mass is 35.5. The van der Waals surface area contributed by atoms with Crippen LogP contribution in [0.5, 0.6) is 0 Å². The number of halogens is 3. The first kappa shape index (κ1) is 10.7. The molecule has 0 saturated carbocycles. The first-order valence-electron chi connectivity index (χ1n) is 4.23. The average Bonchev–Trinajstić information content (AvgIpc) is 2.22. The first-order valence-corrected chi connectivity index (χ1v) is 5.37. The van der Waals surface area contributed by atoms with Gasteiger partial charge in [-0.2, -0.15) is 0 Å². The molecule has 15 heavy (non-hydrogen) atoms. The molecule has 0 atom stereocenters. The molecule has 0 aliphatic rings. The van der Waals surface area contributed by atoms with Crippen molar-refractivity contribution < 1.29 is 0 Å². The van der Waals surface area contributed by atoms with Crippen LogP contribution in [0.15, 0.2) is 36.7 Å². The van der Waals surface area contributed by atoms with Crippen LogP contribution in [0.25, 0.3) is 11.1 Å². The van der Waals surface area contributed by atoms with Crippen molar-refractivity contribution in [2.75, 3.05) is 0 Å². The molecule has 0 N–H and O–H groups in total. The SMILES string of the molecule is Clc1cncc(-c2cccc(Cl)c2Cl)c1. The molecular weight excluding hydrogens is 252 g/mol. The van der Waals surface area contributed by atoms with Gasteiger partial charge in [0.25, 0.3) is 0 Å². The molecule has 0 amide bonds. The van der Waals surface area contributed by atoms with Gasteiger partial charge in [0.15, 0.2) is 0 Å². The minimum absolute atomic E-state index is 0.517. The maximum absolute atomic E-state index is 6.08. The lowest BCUT2D eigenvalue weighted by atomic mass is 10.1. The van der Waals surface area contributed by atoms with Gasteiger partial charge in [0.2, 0.25) is 0 Å². The topological polar surface area (TPSA) is 12.9 Å². The fraction of sp³-hybridized carbons (Fsp3) is 0. The first-order chi connectivity index (χ1) is 7.18. The zero-order valence-corrected chi connectivity index (χ0v) is 9.81. The van der Waals surface area contributed by atoms with Crippen molar-refractivity contribution in [3.63, 3.8) is 0 Å². The molecule has 4 heteroatoms. The molecular formula is C11H6Cl3N. The number of rotatable bonds is 1. The summed E-state index contributed by atoms with van der Waals surface area (Å²) in [6.07, 6.45) is 3.27. The van der Waals surface area contributed by atoms with Gasteiger partial charge in [0.1, 0.15) is 0 Å². The van der Waals surface area contributed by atoms with Crippen molar-refractivity contribution in [2.45, 2.75) is 0 Å². The molecule has 0 bridgehead atoms. The van der Waals surface area contributed by atoms with E-state index in [1.54, 1.807) is 24.5 Å². The third kappa shape index (κ3) is 2.25. The van der Waals surface area contributed by atoms with Crippen LogP contribution in [0.4, 0.5) is 0 Å². The van der Waals surface area contributed by atoms with Crippen LogP contribution in [-0.4, -0.2) is 4.98 Å². The minimum Gasteiger partial charge on any atom is -0.263 e. The molecule has 0 aliphatic carbocycles. The fourth-order valence-electron chi connectivity index (χ4n) is 1.29. The normalized spacial score (nSPS) is 10.3. The molecule has 0 spiro atoms. The molecule has 2 rings (SSSR count). The van der Waals surface area contributed by atoms with Crippen molar-refractivity contribution in [1.29, 1.82) is 0 Å². The van der Waals surface area contributed by atoms with Gasteiger partial charge >= 0.3 is 0 Å². The van der Waals surface area contributed by atoms with E-state index in [4.69, 9.17) is 34.8 Å². The van der Waals surface area contributed by atoms with Crippen LogP contribution in [-0.2, 0) is 0 Å². The van der Waals surface area contributed by atoms with E-state index in [0.717, 1.165) is 11.1 Å². The second-order valence-electron chi connectivity index (χ2n) is 2.99. The molecule has 2 aromatic rings. The van der Waals surface area contributed by atoms with Crippen LogP contribution in [0.1, 0.15) is 0 Å². The summed E-state index contributed by atoms with van der Waals surface area (Å²) in [7, 11) is 0. The zero-order valence-electron chi connectivity index (χ0n) is 7.55. The van der Waals surface area contributed by atoms with Gasteiger partial charge in [-0.25, -0.2) is 0 Å². The fourth-order valence-corrected chi connectivity index (χ4v) is 1.87. The van der Waals surface area contributed by atoms with Crippen LogP contribution < -0.4 is 0 Å². The smallest absolute Gasteiger partial charge is 0.0671 e. The van der Waals surface area contributed by atoms with E-state index in [0.29, 0.717) is 15.1 Å². The van der Waals surface area contributed by atoms with Gasteiger partial charge < -0.3 is 0 Å². The molecule has 0 unspecified atom stereocenters. The molecule has 1 aromatic heterocycles. The van der Waals surface area contributed by atoms with E-state index in [2.05, 4.69) is 4.98 Å². The standard InChI is InChI=1S/C11H6Cl3N/c12-8-4-7(5-15-6-8)9-2-1-3-10(13)11(9)14/h1-6H. The van der Waals surface area contributed by atoms with Crippen LogP contribution >= 0.6 is 34.8 Å². The Morgan fingerprint density at radius 1 is 1.00 bits per heavy atom. The number of nitrogens with zero attached hydrogens (tertiary/aromatic N) is 1. The average molecular weight is 259 g/mol. The van der Waals surface area contributed by atoms with E-state index in [1.165, 1.54) is 0 Å². The molecule has 0 saturated heterocycles. The van der Waals surface area contributed by atoms with E-state index in [9.17, 15) is 0 Å². The van der Waals surface area contributed by atoms with Crippen LogP contribution in [0, 0.1) is 0 Å². The highest BCUT2D eigenvalue weighted by Gasteiger charge is 2.06. The predicted octanol–water partition coefficient (Wildman–Crippen LogP) is 4.71. The molecule has 76 valence electrons.